The van der Waals surface area contributed by atoms with Crippen molar-refractivity contribution in [2.24, 2.45) is 0 Å². The van der Waals surface area contributed by atoms with E-state index in [1.165, 1.54) is 12.1 Å². The summed E-state index contributed by atoms with van der Waals surface area (Å²) >= 11 is 0. The largest absolute Gasteiger partial charge is 0.416 e. The van der Waals surface area contributed by atoms with Crippen molar-refractivity contribution in [2.45, 2.75) is 18.8 Å². The number of alkyl halides is 3. The Bertz CT molecular complexity index is 413. The number of nitrogens with one attached hydrogen (secondary N) is 1. The van der Waals surface area contributed by atoms with E-state index in [9.17, 15) is 13.2 Å². The van der Waals surface area contributed by atoms with Crippen molar-refractivity contribution >= 4 is 0 Å². The summed E-state index contributed by atoms with van der Waals surface area (Å²) in [6.07, 6.45) is -4.13. The topological polar surface area (TPSA) is 24.5 Å². The van der Waals surface area contributed by atoms with E-state index in [2.05, 4.69) is 10.2 Å². The fraction of sp³-hybridized carbons (Fsp3) is 0.571. The summed E-state index contributed by atoms with van der Waals surface area (Å²) in [5.74, 6) is 0. The van der Waals surface area contributed by atoms with Crippen LogP contribution in [-0.4, -0.2) is 44.3 Å². The molecule has 1 heterocycles. The van der Waals surface area contributed by atoms with Gasteiger partial charge in [0, 0.05) is 26.2 Å². The van der Waals surface area contributed by atoms with E-state index in [1.54, 1.807) is 0 Å². The second-order valence-corrected chi connectivity index (χ2v) is 5.09. The molecule has 112 valence electrons. The first-order valence-corrected chi connectivity index (χ1v) is 6.62. The SMILES string of the molecule is CN(Cc1ccc(C(F)(F)F)cc1)CC1CNCCO1. The molecule has 0 saturated carbocycles. The van der Waals surface area contributed by atoms with Gasteiger partial charge >= 0.3 is 6.18 Å². The third kappa shape index (κ3) is 4.47. The molecular weight excluding hydrogens is 269 g/mol. The number of benzene rings is 1. The van der Waals surface area contributed by atoms with Crippen LogP contribution in [0.4, 0.5) is 13.2 Å². The number of hydrogen-bond acceptors (Lipinski definition) is 3. The van der Waals surface area contributed by atoms with Gasteiger partial charge in [-0.3, -0.25) is 4.90 Å². The van der Waals surface area contributed by atoms with Crippen molar-refractivity contribution in [1.29, 1.82) is 0 Å². The number of nitrogens with zero attached hydrogens (tertiary/aromatic N) is 1. The molecule has 20 heavy (non-hydrogen) atoms. The van der Waals surface area contributed by atoms with Crippen LogP contribution in [0.15, 0.2) is 24.3 Å². The number of halogens is 3. The molecule has 1 aromatic carbocycles. The molecule has 0 aromatic heterocycles. The molecule has 1 aromatic rings. The van der Waals surface area contributed by atoms with Gasteiger partial charge in [-0.25, -0.2) is 0 Å². The minimum Gasteiger partial charge on any atom is -0.374 e. The zero-order chi connectivity index (χ0) is 14.6. The smallest absolute Gasteiger partial charge is 0.374 e. The lowest BCUT2D eigenvalue weighted by molar-refractivity contribution is -0.137. The van der Waals surface area contributed by atoms with Crippen LogP contribution in [0, 0.1) is 0 Å². The molecule has 1 saturated heterocycles. The van der Waals surface area contributed by atoms with E-state index in [0.29, 0.717) is 13.2 Å². The Labute approximate surface area is 116 Å². The molecule has 1 unspecified atom stereocenters. The second-order valence-electron chi connectivity index (χ2n) is 5.09. The fourth-order valence-corrected chi connectivity index (χ4v) is 2.26. The molecule has 1 atom stereocenters. The van der Waals surface area contributed by atoms with Crippen LogP contribution in [-0.2, 0) is 17.5 Å². The Balaban J connectivity index is 1.86. The summed E-state index contributed by atoms with van der Waals surface area (Å²) in [4.78, 5) is 2.06. The molecule has 6 heteroatoms. The van der Waals surface area contributed by atoms with Gasteiger partial charge in [-0.15, -0.1) is 0 Å². The lowest BCUT2D eigenvalue weighted by atomic mass is 10.1. The van der Waals surface area contributed by atoms with E-state index >= 15 is 0 Å². The molecule has 0 spiro atoms. The molecule has 2 rings (SSSR count). The predicted molar refractivity (Wildman–Crippen MR) is 70.4 cm³/mol. The molecular formula is C14H19F3N2O. The van der Waals surface area contributed by atoms with Crippen LogP contribution in [0.5, 0.6) is 0 Å². The van der Waals surface area contributed by atoms with Crippen molar-refractivity contribution in [3.63, 3.8) is 0 Å². The van der Waals surface area contributed by atoms with Crippen molar-refractivity contribution in [3.05, 3.63) is 35.4 Å². The van der Waals surface area contributed by atoms with Gasteiger partial charge in [0.2, 0.25) is 0 Å². The summed E-state index contributed by atoms with van der Waals surface area (Å²) in [5.41, 5.74) is 0.257. The Kier molecular flexibility index (Phi) is 5.01. The number of hydrogen-bond donors (Lipinski definition) is 1. The van der Waals surface area contributed by atoms with Gasteiger partial charge < -0.3 is 10.1 Å². The van der Waals surface area contributed by atoms with Crippen LogP contribution < -0.4 is 5.32 Å². The van der Waals surface area contributed by atoms with Crippen molar-refractivity contribution in [2.75, 3.05) is 33.3 Å². The van der Waals surface area contributed by atoms with Gasteiger partial charge in [0.25, 0.3) is 0 Å². The Hall–Kier alpha value is -1.11. The highest BCUT2D eigenvalue weighted by molar-refractivity contribution is 5.24. The third-order valence-electron chi connectivity index (χ3n) is 3.25. The maximum absolute atomic E-state index is 12.5. The molecule has 0 radical (unpaired) electrons. The highest BCUT2D eigenvalue weighted by Crippen LogP contribution is 2.29. The van der Waals surface area contributed by atoms with Gasteiger partial charge in [-0.05, 0) is 24.7 Å². The van der Waals surface area contributed by atoms with Crippen LogP contribution in [0.2, 0.25) is 0 Å². The molecule has 3 nitrogen and oxygen atoms in total. The number of morpholine rings is 1. The molecule has 0 bridgehead atoms. The molecule has 1 fully saturated rings. The van der Waals surface area contributed by atoms with Gasteiger partial charge in [-0.2, -0.15) is 13.2 Å². The van der Waals surface area contributed by atoms with Gasteiger partial charge in [0.05, 0.1) is 18.3 Å². The summed E-state index contributed by atoms with van der Waals surface area (Å²) in [5, 5.41) is 3.25. The highest BCUT2D eigenvalue weighted by atomic mass is 19.4. The first-order valence-electron chi connectivity index (χ1n) is 6.62. The minimum atomic E-state index is -4.27. The van der Waals surface area contributed by atoms with Gasteiger partial charge in [0.15, 0.2) is 0 Å². The van der Waals surface area contributed by atoms with E-state index in [0.717, 1.165) is 37.3 Å². The van der Waals surface area contributed by atoms with E-state index in [4.69, 9.17) is 4.74 Å². The highest BCUT2D eigenvalue weighted by Gasteiger charge is 2.29. The molecule has 1 N–H and O–H groups in total. The summed E-state index contributed by atoms with van der Waals surface area (Å²) < 4.78 is 43.0. The number of likely N-dealkylation sites (N-methyl/N-ethyl adjacent to an activating group) is 1. The minimum absolute atomic E-state index is 0.142. The zero-order valence-corrected chi connectivity index (χ0v) is 11.4. The lowest BCUT2D eigenvalue weighted by Gasteiger charge is -2.28. The monoisotopic (exact) mass is 288 g/mol. The van der Waals surface area contributed by atoms with Crippen molar-refractivity contribution in [3.8, 4) is 0 Å². The summed E-state index contributed by atoms with van der Waals surface area (Å²) in [7, 11) is 1.94. The van der Waals surface area contributed by atoms with Crippen LogP contribution in [0.1, 0.15) is 11.1 Å². The molecule has 0 amide bonds. The Morgan fingerprint density at radius 1 is 1.30 bits per heavy atom. The quantitative estimate of drug-likeness (QED) is 0.918. The fourth-order valence-electron chi connectivity index (χ4n) is 2.26. The first-order chi connectivity index (χ1) is 9.45. The van der Waals surface area contributed by atoms with Gasteiger partial charge in [-0.1, -0.05) is 12.1 Å². The average molecular weight is 288 g/mol. The lowest BCUT2D eigenvalue weighted by Crippen LogP contribution is -2.44. The maximum atomic E-state index is 12.5. The van der Waals surface area contributed by atoms with Crippen LogP contribution in [0.3, 0.4) is 0 Å². The molecule has 1 aliphatic heterocycles. The van der Waals surface area contributed by atoms with Gasteiger partial charge in [0.1, 0.15) is 0 Å². The maximum Gasteiger partial charge on any atom is 0.416 e. The zero-order valence-electron chi connectivity index (χ0n) is 11.4. The Morgan fingerprint density at radius 3 is 2.55 bits per heavy atom. The molecule has 1 aliphatic rings. The first kappa shape index (κ1) is 15.3. The summed E-state index contributed by atoms with van der Waals surface area (Å²) in [6, 6.07) is 5.31. The third-order valence-corrected chi connectivity index (χ3v) is 3.25. The van der Waals surface area contributed by atoms with E-state index in [1.807, 2.05) is 7.05 Å². The standard InChI is InChI=1S/C14H19F3N2O/c1-19(10-13-8-18-6-7-20-13)9-11-2-4-12(5-3-11)14(15,16)17/h2-5,13,18H,6-10H2,1H3. The van der Waals surface area contributed by atoms with E-state index < -0.39 is 11.7 Å². The van der Waals surface area contributed by atoms with E-state index in [-0.39, 0.29) is 6.10 Å². The number of rotatable bonds is 4. The predicted octanol–water partition coefficient (Wildman–Crippen LogP) is 2.13. The second kappa shape index (κ2) is 6.56. The normalized spacial score (nSPS) is 20.4. The average Bonchev–Trinajstić information content (AvgIpc) is 2.39. The van der Waals surface area contributed by atoms with Crippen molar-refractivity contribution in [1.82, 2.24) is 10.2 Å². The van der Waals surface area contributed by atoms with Crippen molar-refractivity contribution < 1.29 is 17.9 Å². The number of ether oxygens (including phenoxy) is 1. The van der Waals surface area contributed by atoms with Crippen LogP contribution in [0.25, 0.3) is 0 Å². The summed E-state index contributed by atoms with van der Waals surface area (Å²) in [6.45, 7) is 3.77. The van der Waals surface area contributed by atoms with Crippen LogP contribution >= 0.6 is 0 Å². The molecule has 0 aliphatic carbocycles. The Morgan fingerprint density at radius 2 is 2.00 bits per heavy atom.